The number of sulfone groups is 1. The molecule has 0 saturated carbocycles. The summed E-state index contributed by atoms with van der Waals surface area (Å²) in [6, 6.07) is 4.08. The van der Waals surface area contributed by atoms with Gasteiger partial charge in [0.25, 0.3) is 11.9 Å². The Bertz CT molecular complexity index is 1250. The molecule has 3 aromatic rings. The quantitative estimate of drug-likeness (QED) is 0.488. The molecule has 3 rings (SSSR count). The van der Waals surface area contributed by atoms with Gasteiger partial charge in [-0.2, -0.15) is 9.67 Å². The highest BCUT2D eigenvalue weighted by molar-refractivity contribution is 7.91. The van der Waals surface area contributed by atoms with Crippen molar-refractivity contribution in [3.05, 3.63) is 48.0 Å². The fraction of sp³-hybridized carbons (Fsp3) is 0.278. The molecule has 1 aromatic carbocycles. The van der Waals surface area contributed by atoms with E-state index in [-0.39, 0.29) is 35.6 Å². The van der Waals surface area contributed by atoms with Crippen molar-refractivity contribution in [2.24, 2.45) is 0 Å². The number of anilines is 1. The number of alkyl halides is 3. The third-order valence-electron chi connectivity index (χ3n) is 4.16. The van der Waals surface area contributed by atoms with Crippen LogP contribution in [0.2, 0.25) is 0 Å². The summed E-state index contributed by atoms with van der Waals surface area (Å²) >= 11 is 0. The first kappa shape index (κ1) is 23.9. The summed E-state index contributed by atoms with van der Waals surface area (Å²) in [4.78, 5) is 24.5. The van der Waals surface area contributed by atoms with Crippen molar-refractivity contribution in [2.45, 2.75) is 24.7 Å². The minimum atomic E-state index is -5.07. The average Bonchev–Trinajstić information content (AvgIpc) is 3.20. The Hall–Kier alpha value is -3.75. The lowest BCUT2D eigenvalue weighted by Crippen LogP contribution is -2.26. The van der Waals surface area contributed by atoms with Crippen molar-refractivity contribution in [3.8, 4) is 11.7 Å². The number of benzene rings is 1. The molecule has 11 nitrogen and oxygen atoms in total. The zero-order valence-corrected chi connectivity index (χ0v) is 18.1. The molecule has 0 radical (unpaired) electrons. The van der Waals surface area contributed by atoms with Gasteiger partial charge in [0.1, 0.15) is 5.75 Å². The number of carbonyl (C=O) groups excluding carboxylic acids is 1. The van der Waals surface area contributed by atoms with Gasteiger partial charge in [-0.15, -0.1) is 18.3 Å². The van der Waals surface area contributed by atoms with Gasteiger partial charge in [0.15, 0.2) is 15.7 Å². The van der Waals surface area contributed by atoms with Crippen LogP contribution in [-0.2, 0) is 16.4 Å². The van der Waals surface area contributed by atoms with E-state index in [2.05, 4.69) is 35.4 Å². The maximum Gasteiger partial charge on any atom is 0.573 e. The van der Waals surface area contributed by atoms with Gasteiger partial charge in [-0.25, -0.2) is 18.4 Å². The maximum atomic E-state index is 12.7. The molecule has 2 aromatic heterocycles. The normalized spacial score (nSPS) is 11.8. The SMILES string of the molecule is CCS(=O)(=O)c1cc(OC(F)(F)F)cc(C(=O)NCc2nc(NC)nn2-c2ncccn2)c1. The van der Waals surface area contributed by atoms with Crippen molar-refractivity contribution in [2.75, 3.05) is 18.1 Å². The van der Waals surface area contributed by atoms with E-state index in [0.717, 1.165) is 12.1 Å². The number of nitrogens with one attached hydrogen (secondary N) is 2. The smallest absolute Gasteiger partial charge is 0.406 e. The standard InChI is InChI=1S/C18H18F3N7O4S/c1-3-33(30,31)13-8-11(7-12(9-13)32-18(19,20)21)15(29)25-10-14-26-16(22-2)27-28(14)17-23-5-4-6-24-17/h4-9H,3,10H2,1-2H3,(H,22,27)(H,25,29). The Morgan fingerprint density at radius 3 is 2.48 bits per heavy atom. The van der Waals surface area contributed by atoms with Crippen molar-refractivity contribution >= 4 is 21.7 Å². The number of rotatable bonds is 8. The fourth-order valence-electron chi connectivity index (χ4n) is 2.63. The Morgan fingerprint density at radius 2 is 1.88 bits per heavy atom. The van der Waals surface area contributed by atoms with E-state index in [1.807, 2.05) is 0 Å². The highest BCUT2D eigenvalue weighted by atomic mass is 32.2. The molecule has 0 unspecified atom stereocenters. The summed E-state index contributed by atoms with van der Waals surface area (Å²) in [6.45, 7) is 1.11. The largest absolute Gasteiger partial charge is 0.573 e. The Kier molecular flexibility index (Phi) is 6.81. The van der Waals surface area contributed by atoms with Crippen LogP contribution in [0.15, 0.2) is 41.6 Å². The predicted octanol–water partition coefficient (Wildman–Crippen LogP) is 1.72. The van der Waals surface area contributed by atoms with Gasteiger partial charge in [-0.1, -0.05) is 6.92 Å². The van der Waals surface area contributed by atoms with Crippen LogP contribution in [0.3, 0.4) is 0 Å². The highest BCUT2D eigenvalue weighted by Crippen LogP contribution is 2.27. The molecule has 1 amide bonds. The molecular formula is C18H18F3N7O4S. The summed E-state index contributed by atoms with van der Waals surface area (Å²) < 4.78 is 67.6. The first-order valence-electron chi connectivity index (χ1n) is 9.35. The van der Waals surface area contributed by atoms with Crippen molar-refractivity contribution in [3.63, 3.8) is 0 Å². The van der Waals surface area contributed by atoms with E-state index in [1.54, 1.807) is 13.1 Å². The summed E-state index contributed by atoms with van der Waals surface area (Å²) in [5.74, 6) is -1.47. The van der Waals surface area contributed by atoms with E-state index in [9.17, 15) is 26.4 Å². The lowest BCUT2D eigenvalue weighted by molar-refractivity contribution is -0.274. The topological polar surface area (TPSA) is 141 Å². The third-order valence-corrected chi connectivity index (χ3v) is 5.88. The minimum absolute atomic E-state index is 0.174. The molecule has 0 spiro atoms. The number of halogens is 3. The van der Waals surface area contributed by atoms with E-state index >= 15 is 0 Å². The molecule has 33 heavy (non-hydrogen) atoms. The Balaban J connectivity index is 1.90. The maximum absolute atomic E-state index is 12.7. The second-order valence-electron chi connectivity index (χ2n) is 6.39. The summed E-state index contributed by atoms with van der Waals surface area (Å²) in [5.41, 5.74) is -0.348. The van der Waals surface area contributed by atoms with E-state index in [0.29, 0.717) is 6.07 Å². The van der Waals surface area contributed by atoms with Crippen molar-refractivity contribution in [1.82, 2.24) is 30.0 Å². The summed E-state index contributed by atoms with van der Waals surface area (Å²) in [6.07, 6.45) is -2.11. The van der Waals surface area contributed by atoms with E-state index < -0.39 is 32.8 Å². The predicted molar refractivity (Wildman–Crippen MR) is 109 cm³/mol. The van der Waals surface area contributed by atoms with Crippen molar-refractivity contribution < 1.29 is 31.1 Å². The monoisotopic (exact) mass is 485 g/mol. The van der Waals surface area contributed by atoms with Crippen LogP contribution in [-0.4, -0.2) is 58.2 Å². The fourth-order valence-corrected chi connectivity index (χ4v) is 3.56. The molecular weight excluding hydrogens is 467 g/mol. The number of hydrogen-bond acceptors (Lipinski definition) is 9. The van der Waals surface area contributed by atoms with Crippen LogP contribution in [0.25, 0.3) is 5.95 Å². The Labute approximate surface area is 185 Å². The first-order chi connectivity index (χ1) is 15.5. The van der Waals surface area contributed by atoms with Crippen LogP contribution in [0, 0.1) is 0 Å². The van der Waals surface area contributed by atoms with Crippen LogP contribution in [0.1, 0.15) is 23.1 Å². The molecule has 0 atom stereocenters. The van der Waals surface area contributed by atoms with Gasteiger partial charge >= 0.3 is 6.36 Å². The first-order valence-corrected chi connectivity index (χ1v) is 11.0. The van der Waals surface area contributed by atoms with Crippen molar-refractivity contribution in [1.29, 1.82) is 0 Å². The second-order valence-corrected chi connectivity index (χ2v) is 8.67. The zero-order valence-electron chi connectivity index (χ0n) is 17.3. The molecule has 0 saturated heterocycles. The number of carbonyl (C=O) groups is 1. The Morgan fingerprint density at radius 1 is 1.18 bits per heavy atom. The summed E-state index contributed by atoms with van der Waals surface area (Å²) in [7, 11) is -2.34. The van der Waals surface area contributed by atoms with Gasteiger partial charge < -0.3 is 15.4 Å². The molecule has 0 aliphatic carbocycles. The number of aromatic nitrogens is 5. The van der Waals surface area contributed by atoms with Crippen LogP contribution < -0.4 is 15.4 Å². The van der Waals surface area contributed by atoms with Crippen LogP contribution in [0.4, 0.5) is 19.1 Å². The summed E-state index contributed by atoms with van der Waals surface area (Å²) in [5, 5.41) is 9.36. The molecule has 2 N–H and O–H groups in total. The molecule has 176 valence electrons. The van der Waals surface area contributed by atoms with E-state index in [4.69, 9.17) is 0 Å². The lowest BCUT2D eigenvalue weighted by atomic mass is 10.2. The van der Waals surface area contributed by atoms with E-state index in [1.165, 1.54) is 24.0 Å². The van der Waals surface area contributed by atoms with Crippen LogP contribution >= 0.6 is 0 Å². The molecule has 0 bridgehead atoms. The average molecular weight is 485 g/mol. The van der Waals surface area contributed by atoms with Gasteiger partial charge in [-0.05, 0) is 24.3 Å². The number of hydrogen-bond donors (Lipinski definition) is 2. The number of nitrogens with zero attached hydrogens (tertiary/aromatic N) is 5. The molecule has 0 aliphatic rings. The van der Waals surface area contributed by atoms with Crippen LogP contribution in [0.5, 0.6) is 5.75 Å². The van der Waals surface area contributed by atoms with Gasteiger partial charge in [0.05, 0.1) is 17.2 Å². The number of amides is 1. The molecule has 15 heteroatoms. The van der Waals surface area contributed by atoms with Gasteiger partial charge in [0, 0.05) is 25.0 Å². The number of ether oxygens (including phenoxy) is 1. The molecule has 0 fully saturated rings. The van der Waals surface area contributed by atoms with Gasteiger partial charge in [-0.3, -0.25) is 4.79 Å². The highest BCUT2D eigenvalue weighted by Gasteiger charge is 2.32. The third kappa shape index (κ3) is 5.94. The molecule has 2 heterocycles. The second kappa shape index (κ2) is 9.40. The minimum Gasteiger partial charge on any atom is -0.406 e. The lowest BCUT2D eigenvalue weighted by Gasteiger charge is -2.13. The molecule has 0 aliphatic heterocycles. The van der Waals surface area contributed by atoms with Gasteiger partial charge in [0.2, 0.25) is 5.95 Å². The zero-order chi connectivity index (χ0) is 24.2.